The number of amides is 3. The molecule has 4 atom stereocenters. The molecule has 254 valence electrons. The van der Waals surface area contributed by atoms with E-state index < -0.39 is 63.5 Å². The monoisotopic (exact) mass is 660 g/mol. The van der Waals surface area contributed by atoms with Crippen LogP contribution in [0.15, 0.2) is 41.3 Å². The van der Waals surface area contributed by atoms with Crippen molar-refractivity contribution in [3.8, 4) is 0 Å². The highest BCUT2D eigenvalue weighted by Crippen LogP contribution is 2.45. The van der Waals surface area contributed by atoms with Gasteiger partial charge in [-0.3, -0.25) is 9.59 Å². The van der Waals surface area contributed by atoms with Gasteiger partial charge in [0.2, 0.25) is 21.8 Å². The lowest BCUT2D eigenvalue weighted by Gasteiger charge is -2.36. The number of carbonyl (C=O) groups excluding carboxylic acids is 3. The van der Waals surface area contributed by atoms with Crippen LogP contribution in [0.1, 0.15) is 78.2 Å². The Bertz CT molecular complexity index is 1440. The third-order valence-electron chi connectivity index (χ3n) is 9.15. The van der Waals surface area contributed by atoms with Crippen molar-refractivity contribution in [3.63, 3.8) is 0 Å². The molecule has 4 rings (SSSR count). The van der Waals surface area contributed by atoms with Crippen molar-refractivity contribution in [3.05, 3.63) is 42.0 Å². The van der Waals surface area contributed by atoms with Crippen LogP contribution in [-0.4, -0.2) is 90.5 Å². The molecule has 1 aromatic rings. The van der Waals surface area contributed by atoms with Crippen LogP contribution in [0.25, 0.3) is 0 Å². The van der Waals surface area contributed by atoms with Crippen LogP contribution in [0, 0.1) is 11.3 Å². The number of fused-ring (bicyclic) bond motifs is 1. The van der Waals surface area contributed by atoms with Crippen LogP contribution in [-0.2, 0) is 35.6 Å². The second kappa shape index (κ2) is 14.5. The number of sulfonamides is 1. The van der Waals surface area contributed by atoms with Crippen LogP contribution in [0.2, 0.25) is 0 Å². The number of aliphatic carboxylic acids is 1. The lowest BCUT2D eigenvalue weighted by molar-refractivity contribution is -0.145. The second-order valence-corrected chi connectivity index (χ2v) is 15.5. The Morgan fingerprint density at radius 1 is 1.15 bits per heavy atom. The van der Waals surface area contributed by atoms with Crippen molar-refractivity contribution in [2.24, 2.45) is 11.3 Å². The topological polar surface area (TPSA) is 162 Å². The molecular weight excluding hydrogens is 612 g/mol. The molecule has 3 amide bonds. The van der Waals surface area contributed by atoms with Crippen LogP contribution in [0.4, 0.5) is 4.79 Å². The minimum Gasteiger partial charge on any atom is -0.479 e. The number of ether oxygens (including phenoxy) is 1. The van der Waals surface area contributed by atoms with Crippen LogP contribution >= 0.6 is 0 Å². The van der Waals surface area contributed by atoms with Crippen LogP contribution in [0.5, 0.6) is 0 Å². The normalized spacial score (nSPS) is 24.7. The number of likely N-dealkylation sites (tertiary alicyclic amines) is 1. The fourth-order valence-electron chi connectivity index (χ4n) is 6.13. The van der Waals surface area contributed by atoms with Gasteiger partial charge in [-0.2, -0.15) is 4.31 Å². The van der Waals surface area contributed by atoms with Crippen molar-refractivity contribution in [1.29, 1.82) is 0 Å². The first-order valence-electron chi connectivity index (χ1n) is 16.2. The molecule has 12 nitrogen and oxygen atoms in total. The highest BCUT2D eigenvalue weighted by atomic mass is 32.2. The number of allylic oxidation sites excluding steroid dienone is 1. The van der Waals surface area contributed by atoms with Crippen LogP contribution in [0.3, 0.4) is 0 Å². The molecule has 0 spiro atoms. The van der Waals surface area contributed by atoms with Crippen molar-refractivity contribution < 1.29 is 37.4 Å². The third kappa shape index (κ3) is 8.09. The maximum Gasteiger partial charge on any atom is 0.407 e. The number of benzene rings is 1. The van der Waals surface area contributed by atoms with E-state index in [0.717, 1.165) is 31.2 Å². The van der Waals surface area contributed by atoms with Gasteiger partial charge in [-0.05, 0) is 50.2 Å². The summed E-state index contributed by atoms with van der Waals surface area (Å²) in [5, 5.41) is 15.1. The summed E-state index contributed by atoms with van der Waals surface area (Å²) < 4.78 is 33.6. The van der Waals surface area contributed by atoms with E-state index in [2.05, 4.69) is 17.6 Å². The summed E-state index contributed by atoms with van der Waals surface area (Å²) in [4.78, 5) is 53.0. The number of alkyl carbamates (subject to hydrolysis) is 1. The molecule has 0 radical (unpaired) electrons. The lowest BCUT2D eigenvalue weighted by Crippen LogP contribution is -2.54. The Morgan fingerprint density at radius 3 is 2.59 bits per heavy atom. The molecule has 0 bridgehead atoms. The van der Waals surface area contributed by atoms with Crippen LogP contribution < -0.4 is 10.6 Å². The maximum atomic E-state index is 13.3. The van der Waals surface area contributed by atoms with E-state index in [-0.39, 0.29) is 23.9 Å². The van der Waals surface area contributed by atoms with E-state index >= 15 is 0 Å². The van der Waals surface area contributed by atoms with E-state index in [1.165, 1.54) is 9.21 Å². The molecule has 13 heteroatoms. The highest BCUT2D eigenvalue weighted by Gasteiger charge is 2.61. The van der Waals surface area contributed by atoms with E-state index in [1.54, 1.807) is 24.3 Å². The van der Waals surface area contributed by atoms with Gasteiger partial charge in [0.25, 0.3) is 0 Å². The summed E-state index contributed by atoms with van der Waals surface area (Å²) in [5.74, 6) is -2.42. The molecule has 2 heterocycles. The molecule has 2 aliphatic heterocycles. The predicted molar refractivity (Wildman–Crippen MR) is 171 cm³/mol. The van der Waals surface area contributed by atoms with E-state index in [0.29, 0.717) is 32.2 Å². The van der Waals surface area contributed by atoms with Crippen molar-refractivity contribution in [2.45, 2.75) is 102 Å². The van der Waals surface area contributed by atoms with E-state index in [1.807, 2.05) is 32.9 Å². The molecule has 1 aromatic carbocycles. The van der Waals surface area contributed by atoms with E-state index in [9.17, 15) is 32.7 Å². The summed E-state index contributed by atoms with van der Waals surface area (Å²) in [6.45, 7) is 7.71. The first-order valence-corrected chi connectivity index (χ1v) is 17.7. The highest BCUT2D eigenvalue weighted by molar-refractivity contribution is 7.89. The second-order valence-electron chi connectivity index (χ2n) is 13.6. The van der Waals surface area contributed by atoms with Gasteiger partial charge in [0.05, 0.1) is 11.4 Å². The minimum absolute atomic E-state index is 0.0455. The van der Waals surface area contributed by atoms with Gasteiger partial charge in [0.1, 0.15) is 24.2 Å². The number of nitrogens with zero attached hydrogens (tertiary/aromatic N) is 2. The summed E-state index contributed by atoms with van der Waals surface area (Å²) >= 11 is 0. The van der Waals surface area contributed by atoms with Gasteiger partial charge in [-0.15, -0.1) is 0 Å². The number of nitrogens with one attached hydrogen (secondary N) is 2. The number of hydrogen-bond donors (Lipinski definition) is 3. The molecule has 1 saturated carbocycles. The van der Waals surface area contributed by atoms with Crippen molar-refractivity contribution >= 4 is 33.9 Å². The Morgan fingerprint density at radius 2 is 1.89 bits per heavy atom. The maximum absolute atomic E-state index is 13.3. The summed E-state index contributed by atoms with van der Waals surface area (Å²) in [7, 11) is -3.77. The van der Waals surface area contributed by atoms with Crippen molar-refractivity contribution in [2.75, 3.05) is 26.2 Å². The van der Waals surface area contributed by atoms with Gasteiger partial charge in [0, 0.05) is 24.4 Å². The quantitative estimate of drug-likeness (QED) is 0.214. The van der Waals surface area contributed by atoms with Gasteiger partial charge < -0.3 is 25.4 Å². The van der Waals surface area contributed by atoms with Crippen molar-refractivity contribution in [1.82, 2.24) is 19.8 Å². The average Bonchev–Trinajstić information content (AvgIpc) is 3.46. The number of carboxylic acid groups (broad SMARTS) is 1. The zero-order valence-electron chi connectivity index (χ0n) is 27.3. The summed E-state index contributed by atoms with van der Waals surface area (Å²) in [5.41, 5.74) is -1.23. The number of rotatable bonds is 13. The van der Waals surface area contributed by atoms with Gasteiger partial charge in [-0.25, -0.2) is 18.0 Å². The molecule has 3 N–H and O–H groups in total. The summed E-state index contributed by atoms with van der Waals surface area (Å²) in [6.07, 6.45) is 8.02. The number of carboxylic acids is 1. The fraction of sp³-hybridized carbons (Fsp3) is 0.636. The van der Waals surface area contributed by atoms with Gasteiger partial charge in [-0.1, -0.05) is 70.9 Å². The third-order valence-corrected chi connectivity index (χ3v) is 11.1. The average molecular weight is 661 g/mol. The minimum atomic E-state index is -3.77. The molecule has 3 aliphatic rings. The molecular formula is C33H48N4O8S. The standard InChI is InChI=1S/C33H48N4O8S/c1-5-6-7-8-9-14-24-20-33(24,30(40)41)35-29(39)25-15-12-18-37(25)28(38)21-34-31(42)45-27(32(2,3)4)22-36-19-17-23-13-10-11-16-26(23)46(36,43)44/h9-11,13-14,16,24-25,27H,5-8,12,15,17-22H2,1-4H3,(H,34,42)(H,35,39)(H,40,41)/b14-9-/t24?,25-,27?,33+/m0/s1. The summed E-state index contributed by atoms with van der Waals surface area (Å²) in [6, 6.07) is 6.01. The smallest absolute Gasteiger partial charge is 0.407 e. The number of unbranched alkanes of at least 4 members (excludes halogenated alkanes) is 3. The predicted octanol–water partition coefficient (Wildman–Crippen LogP) is 3.46. The SMILES string of the molecule is CCCCC/C=C\C1C[C@]1(NC(=O)[C@@H]1CCCN1C(=O)CNC(=O)OC(CN1CCc2ccccc2S1(=O)=O)C(C)(C)C)C(=O)O. The first kappa shape index (κ1) is 35.4. The Hall–Kier alpha value is -3.45. The Kier molecular flexibility index (Phi) is 11.2. The number of hydrogen-bond acceptors (Lipinski definition) is 7. The molecule has 1 aliphatic carbocycles. The molecule has 1 saturated heterocycles. The van der Waals surface area contributed by atoms with Gasteiger partial charge >= 0.3 is 12.1 Å². The largest absolute Gasteiger partial charge is 0.479 e. The molecule has 0 aromatic heterocycles. The first-order chi connectivity index (χ1) is 21.7. The zero-order chi connectivity index (χ0) is 33.7. The molecule has 2 unspecified atom stereocenters. The number of carbonyl (C=O) groups is 4. The molecule has 2 fully saturated rings. The lowest BCUT2D eigenvalue weighted by atomic mass is 9.89. The van der Waals surface area contributed by atoms with Gasteiger partial charge in [0.15, 0.2) is 0 Å². The van der Waals surface area contributed by atoms with E-state index in [4.69, 9.17) is 4.74 Å². The fourth-order valence-corrected chi connectivity index (χ4v) is 7.82. The molecule has 46 heavy (non-hydrogen) atoms. The Labute approximate surface area is 272 Å². The Balaban J connectivity index is 1.31. The zero-order valence-corrected chi connectivity index (χ0v) is 28.1.